The van der Waals surface area contributed by atoms with Gasteiger partial charge in [-0.15, -0.1) is 0 Å². The van der Waals surface area contributed by atoms with Crippen LogP contribution in [0.2, 0.25) is 5.02 Å². The van der Waals surface area contributed by atoms with E-state index in [9.17, 15) is 18.8 Å². The Morgan fingerprint density at radius 1 is 1.02 bits per heavy atom. The average molecular weight is 591 g/mol. The van der Waals surface area contributed by atoms with Crippen molar-refractivity contribution < 1.29 is 28.2 Å². The van der Waals surface area contributed by atoms with Gasteiger partial charge in [-0.3, -0.25) is 19.3 Å². The minimum absolute atomic E-state index is 0.0559. The summed E-state index contributed by atoms with van der Waals surface area (Å²) in [7, 11) is 3.23. The molecule has 0 aromatic heterocycles. The number of methoxy groups -OCH3 is 1. The van der Waals surface area contributed by atoms with Gasteiger partial charge in [0.15, 0.2) is 18.1 Å². The second kappa shape index (κ2) is 16.2. The van der Waals surface area contributed by atoms with E-state index in [0.717, 1.165) is 36.9 Å². The van der Waals surface area contributed by atoms with Crippen molar-refractivity contribution in [2.24, 2.45) is 0 Å². The number of hydrogen-bond acceptors (Lipinski definition) is 6. The van der Waals surface area contributed by atoms with Gasteiger partial charge in [0.25, 0.3) is 5.91 Å². The minimum atomic E-state index is -0.710. The lowest BCUT2D eigenvalue weighted by atomic mass is 10.1. The summed E-state index contributed by atoms with van der Waals surface area (Å²) >= 11 is 6.28. The smallest absolute Gasteiger partial charge is 0.258 e. The molecule has 1 heterocycles. The number of ether oxygens (including phenoxy) is 2. The summed E-state index contributed by atoms with van der Waals surface area (Å²) in [6.45, 7) is 4.42. The highest BCUT2D eigenvalue weighted by Crippen LogP contribution is 2.28. The van der Waals surface area contributed by atoms with E-state index in [1.807, 2.05) is 6.07 Å². The Balaban J connectivity index is 1.70. The molecule has 1 aliphatic rings. The van der Waals surface area contributed by atoms with Crippen molar-refractivity contribution in [3.63, 3.8) is 0 Å². The minimum Gasteiger partial charge on any atom is -0.493 e. The Morgan fingerprint density at radius 3 is 2.54 bits per heavy atom. The van der Waals surface area contributed by atoms with Crippen LogP contribution in [0.1, 0.15) is 43.7 Å². The largest absolute Gasteiger partial charge is 0.493 e. The topological polar surface area (TPSA) is 100 Å². The van der Waals surface area contributed by atoms with Gasteiger partial charge < -0.3 is 25.0 Å². The lowest BCUT2D eigenvalue weighted by molar-refractivity contribution is -0.135. The molecule has 0 unspecified atom stereocenters. The van der Waals surface area contributed by atoms with E-state index in [-0.39, 0.29) is 24.2 Å². The Bertz CT molecular complexity index is 1200. The van der Waals surface area contributed by atoms with Crippen molar-refractivity contribution in [2.75, 3.05) is 46.9 Å². The van der Waals surface area contributed by atoms with E-state index in [2.05, 4.69) is 15.5 Å². The molecule has 1 atom stereocenters. The molecule has 3 amide bonds. The van der Waals surface area contributed by atoms with E-state index in [1.54, 1.807) is 37.1 Å². The third-order valence-corrected chi connectivity index (χ3v) is 7.30. The molecule has 11 heteroatoms. The number of amides is 3. The zero-order valence-corrected chi connectivity index (χ0v) is 24.8. The molecule has 1 aliphatic heterocycles. The van der Waals surface area contributed by atoms with Crippen LogP contribution in [0.3, 0.4) is 0 Å². The maximum Gasteiger partial charge on any atom is 0.258 e. The maximum absolute atomic E-state index is 13.5. The third-order valence-electron chi connectivity index (χ3n) is 6.95. The van der Waals surface area contributed by atoms with E-state index in [1.165, 1.54) is 19.2 Å². The van der Waals surface area contributed by atoms with Gasteiger partial charge in [0.1, 0.15) is 11.9 Å². The SMILES string of the molecule is COc1ccc2cc1OCC(=O)N[C@@H](C)C(=O)N(C)CCCCN(Cc1ccc(F)cc1Cl)CCCNC(=O)CC2. The van der Waals surface area contributed by atoms with Crippen LogP contribution in [0.15, 0.2) is 36.4 Å². The van der Waals surface area contributed by atoms with Crippen LogP contribution in [0.5, 0.6) is 11.5 Å². The predicted molar refractivity (Wildman–Crippen MR) is 156 cm³/mol. The van der Waals surface area contributed by atoms with Crippen LogP contribution in [0.4, 0.5) is 4.39 Å². The summed E-state index contributed by atoms with van der Waals surface area (Å²) in [5.41, 5.74) is 1.70. The van der Waals surface area contributed by atoms with Gasteiger partial charge in [-0.05, 0) is 74.5 Å². The molecular formula is C30H40ClFN4O5. The van der Waals surface area contributed by atoms with Gasteiger partial charge >= 0.3 is 0 Å². The summed E-state index contributed by atoms with van der Waals surface area (Å²) in [4.78, 5) is 41.7. The number of aryl methyl sites for hydroxylation is 1. The lowest BCUT2D eigenvalue weighted by Crippen LogP contribution is -2.47. The number of halogens is 2. The summed E-state index contributed by atoms with van der Waals surface area (Å²) in [5, 5.41) is 6.06. The number of carbonyl (C=O) groups excluding carboxylic acids is 3. The Labute approximate surface area is 246 Å². The molecule has 224 valence electrons. The number of hydrogen-bond donors (Lipinski definition) is 2. The normalized spacial score (nSPS) is 19.3. The molecule has 2 bridgehead atoms. The molecule has 0 fully saturated rings. The van der Waals surface area contributed by atoms with Crippen LogP contribution in [-0.2, 0) is 27.3 Å². The first kappa shape index (κ1) is 32.1. The van der Waals surface area contributed by atoms with Crippen molar-refractivity contribution >= 4 is 29.3 Å². The van der Waals surface area contributed by atoms with Crippen LogP contribution < -0.4 is 20.1 Å². The first-order valence-corrected chi connectivity index (χ1v) is 14.3. The van der Waals surface area contributed by atoms with Gasteiger partial charge in [0.05, 0.1) is 7.11 Å². The maximum atomic E-state index is 13.5. The number of carbonyl (C=O) groups is 3. The fourth-order valence-corrected chi connectivity index (χ4v) is 4.87. The summed E-state index contributed by atoms with van der Waals surface area (Å²) in [6.07, 6.45) is 3.10. The van der Waals surface area contributed by atoms with Crippen LogP contribution >= 0.6 is 11.6 Å². The second-order valence-electron chi connectivity index (χ2n) is 10.2. The molecule has 41 heavy (non-hydrogen) atoms. The average Bonchev–Trinajstić information content (AvgIpc) is 2.95. The van der Waals surface area contributed by atoms with Crippen LogP contribution in [0, 0.1) is 5.82 Å². The summed E-state index contributed by atoms with van der Waals surface area (Å²) in [6, 6.07) is 9.04. The number of nitrogens with zero attached hydrogens (tertiary/aromatic N) is 2. The van der Waals surface area contributed by atoms with Gasteiger partial charge in [0, 0.05) is 44.7 Å². The fourth-order valence-electron chi connectivity index (χ4n) is 4.64. The van der Waals surface area contributed by atoms with Gasteiger partial charge in [-0.2, -0.15) is 0 Å². The zero-order chi connectivity index (χ0) is 29.8. The molecular weight excluding hydrogens is 551 g/mol. The van der Waals surface area contributed by atoms with E-state index in [4.69, 9.17) is 21.1 Å². The van der Waals surface area contributed by atoms with Gasteiger partial charge in [0.2, 0.25) is 11.8 Å². The lowest BCUT2D eigenvalue weighted by Gasteiger charge is -2.25. The van der Waals surface area contributed by atoms with E-state index >= 15 is 0 Å². The van der Waals surface area contributed by atoms with E-state index < -0.39 is 11.9 Å². The van der Waals surface area contributed by atoms with Crippen molar-refractivity contribution in [3.05, 3.63) is 58.4 Å². The molecule has 0 radical (unpaired) electrons. The molecule has 0 spiro atoms. The summed E-state index contributed by atoms with van der Waals surface area (Å²) in [5.74, 6) is -0.194. The molecule has 0 saturated carbocycles. The highest BCUT2D eigenvalue weighted by molar-refractivity contribution is 6.31. The zero-order valence-electron chi connectivity index (χ0n) is 24.0. The van der Waals surface area contributed by atoms with Crippen LogP contribution in [-0.4, -0.2) is 80.5 Å². The molecule has 9 nitrogen and oxygen atoms in total. The second-order valence-corrected chi connectivity index (χ2v) is 10.7. The van der Waals surface area contributed by atoms with Crippen molar-refractivity contribution in [1.82, 2.24) is 20.4 Å². The van der Waals surface area contributed by atoms with Crippen molar-refractivity contribution in [3.8, 4) is 11.5 Å². The highest BCUT2D eigenvalue weighted by atomic mass is 35.5. The first-order chi connectivity index (χ1) is 19.7. The van der Waals surface area contributed by atoms with Crippen LogP contribution in [0.25, 0.3) is 0 Å². The molecule has 2 N–H and O–H groups in total. The Morgan fingerprint density at radius 2 is 1.78 bits per heavy atom. The predicted octanol–water partition coefficient (Wildman–Crippen LogP) is 3.56. The molecule has 0 saturated heterocycles. The Kier molecular flexibility index (Phi) is 12.7. The van der Waals surface area contributed by atoms with Gasteiger partial charge in [-0.1, -0.05) is 23.7 Å². The monoisotopic (exact) mass is 590 g/mol. The number of nitrogens with one attached hydrogen (secondary N) is 2. The number of benzene rings is 2. The Hall–Kier alpha value is -3.37. The first-order valence-electron chi connectivity index (χ1n) is 13.9. The van der Waals surface area contributed by atoms with Crippen molar-refractivity contribution in [2.45, 2.75) is 51.6 Å². The molecule has 0 aliphatic carbocycles. The van der Waals surface area contributed by atoms with E-state index in [0.29, 0.717) is 55.5 Å². The quantitative estimate of drug-likeness (QED) is 0.567. The number of fused-ring (bicyclic) bond motifs is 2. The van der Waals surface area contributed by atoms with Gasteiger partial charge in [-0.25, -0.2) is 4.39 Å². The molecule has 2 aromatic rings. The molecule has 3 rings (SSSR count). The third kappa shape index (κ3) is 10.5. The summed E-state index contributed by atoms with van der Waals surface area (Å²) < 4.78 is 24.6. The number of rotatable bonds is 3. The standard InChI is InChI=1S/C30H40ClFN4O5/c1-21-30(39)35(2)14-4-5-15-36(19-23-9-10-24(32)18-25(23)31)16-6-13-33-28(37)12-8-22-7-11-26(40-3)27(17-22)41-20-29(38)34-21/h7,9-11,17-18,21H,4-6,8,12-16,19-20H2,1-3H3,(H,33,37)(H,34,38)/t21-/m0/s1. The highest BCUT2D eigenvalue weighted by Gasteiger charge is 2.20. The number of likely N-dealkylation sites (N-methyl/N-ethyl adjacent to an activating group) is 1. The molecule has 2 aromatic carbocycles. The van der Waals surface area contributed by atoms with Crippen molar-refractivity contribution in [1.29, 1.82) is 0 Å². The fraction of sp³-hybridized carbons (Fsp3) is 0.500.